The second-order valence-electron chi connectivity index (χ2n) is 3.67. The predicted molar refractivity (Wildman–Crippen MR) is 51.7 cm³/mol. The summed E-state index contributed by atoms with van der Waals surface area (Å²) in [6.07, 6.45) is 2.53. The van der Waals surface area contributed by atoms with Gasteiger partial charge in [-0.2, -0.15) is 0 Å². The van der Waals surface area contributed by atoms with E-state index in [1.165, 1.54) is 6.08 Å². The van der Waals surface area contributed by atoms with Crippen molar-refractivity contribution in [2.45, 2.75) is 12.8 Å². The van der Waals surface area contributed by atoms with Gasteiger partial charge in [-0.3, -0.25) is 9.18 Å². The molecule has 4 heteroatoms. The van der Waals surface area contributed by atoms with Crippen LogP contribution in [-0.4, -0.2) is 32.3 Å². The first kappa shape index (κ1) is 11.2. The third kappa shape index (κ3) is 2.80. The number of hydrogen-bond acceptors (Lipinski definition) is 2. The quantitative estimate of drug-likeness (QED) is 0.690. The number of ether oxygens (including phenoxy) is 1. The standard InChI is InChI=1S/C10H16FNO2/c1-2-9(13)12-8-10(7-11)3-5-14-6-4-10/h2H,1,3-8H2,(H,12,13). The summed E-state index contributed by atoms with van der Waals surface area (Å²) < 4.78 is 18.0. The van der Waals surface area contributed by atoms with E-state index in [4.69, 9.17) is 4.74 Å². The van der Waals surface area contributed by atoms with Crippen LogP contribution in [0, 0.1) is 5.41 Å². The lowest BCUT2D eigenvalue weighted by atomic mass is 9.81. The van der Waals surface area contributed by atoms with Crippen molar-refractivity contribution in [3.8, 4) is 0 Å². The molecule has 0 spiro atoms. The summed E-state index contributed by atoms with van der Waals surface area (Å²) in [6, 6.07) is 0. The number of alkyl halides is 1. The average Bonchev–Trinajstić information content (AvgIpc) is 2.27. The van der Waals surface area contributed by atoms with Crippen LogP contribution < -0.4 is 5.32 Å². The van der Waals surface area contributed by atoms with E-state index in [-0.39, 0.29) is 5.91 Å². The molecule has 0 aromatic heterocycles. The molecule has 0 atom stereocenters. The number of halogens is 1. The maximum atomic E-state index is 12.9. The summed E-state index contributed by atoms with van der Waals surface area (Å²) >= 11 is 0. The van der Waals surface area contributed by atoms with Crippen LogP contribution in [0.5, 0.6) is 0 Å². The second-order valence-corrected chi connectivity index (χ2v) is 3.67. The van der Waals surface area contributed by atoms with Crippen molar-refractivity contribution in [2.24, 2.45) is 5.41 Å². The Labute approximate surface area is 83.3 Å². The highest BCUT2D eigenvalue weighted by Crippen LogP contribution is 2.30. The molecule has 1 fully saturated rings. The molecule has 1 amide bonds. The zero-order valence-electron chi connectivity index (χ0n) is 8.22. The fraction of sp³-hybridized carbons (Fsp3) is 0.700. The van der Waals surface area contributed by atoms with Crippen LogP contribution in [-0.2, 0) is 9.53 Å². The van der Waals surface area contributed by atoms with Gasteiger partial charge in [0.05, 0.1) is 6.67 Å². The molecule has 0 aromatic rings. The van der Waals surface area contributed by atoms with E-state index in [0.29, 0.717) is 32.6 Å². The van der Waals surface area contributed by atoms with Gasteiger partial charge in [0.15, 0.2) is 0 Å². The van der Waals surface area contributed by atoms with Crippen LogP contribution in [0.2, 0.25) is 0 Å². The Morgan fingerprint density at radius 3 is 2.71 bits per heavy atom. The molecule has 80 valence electrons. The lowest BCUT2D eigenvalue weighted by Gasteiger charge is -2.34. The highest BCUT2D eigenvalue weighted by atomic mass is 19.1. The average molecular weight is 201 g/mol. The molecule has 14 heavy (non-hydrogen) atoms. The van der Waals surface area contributed by atoms with Gasteiger partial charge in [0, 0.05) is 25.2 Å². The summed E-state index contributed by atoms with van der Waals surface area (Å²) in [6.45, 7) is 4.46. The summed E-state index contributed by atoms with van der Waals surface area (Å²) in [5.74, 6) is -0.246. The van der Waals surface area contributed by atoms with Crippen LogP contribution in [0.1, 0.15) is 12.8 Å². The van der Waals surface area contributed by atoms with Crippen LogP contribution >= 0.6 is 0 Å². The van der Waals surface area contributed by atoms with Gasteiger partial charge in [-0.1, -0.05) is 6.58 Å². The van der Waals surface area contributed by atoms with E-state index in [9.17, 15) is 9.18 Å². The molecule has 0 aromatic carbocycles. The van der Waals surface area contributed by atoms with Crippen molar-refractivity contribution >= 4 is 5.91 Å². The normalized spacial score (nSPS) is 20.1. The first-order valence-electron chi connectivity index (χ1n) is 4.76. The summed E-state index contributed by atoms with van der Waals surface area (Å²) in [4.78, 5) is 10.9. The van der Waals surface area contributed by atoms with Crippen molar-refractivity contribution in [3.05, 3.63) is 12.7 Å². The van der Waals surface area contributed by atoms with Crippen LogP contribution in [0.4, 0.5) is 4.39 Å². The molecule has 1 saturated heterocycles. The minimum Gasteiger partial charge on any atom is -0.381 e. The smallest absolute Gasteiger partial charge is 0.243 e. The SMILES string of the molecule is C=CC(=O)NCC1(CF)CCOCC1. The molecule has 0 aliphatic carbocycles. The Morgan fingerprint density at radius 1 is 1.57 bits per heavy atom. The summed E-state index contributed by atoms with van der Waals surface area (Å²) in [7, 11) is 0. The molecule has 0 unspecified atom stereocenters. The zero-order valence-corrected chi connectivity index (χ0v) is 8.22. The molecule has 1 rings (SSSR count). The summed E-state index contributed by atoms with van der Waals surface area (Å²) in [5, 5.41) is 2.64. The number of rotatable bonds is 4. The first-order chi connectivity index (χ1) is 6.72. The van der Waals surface area contributed by atoms with E-state index < -0.39 is 12.1 Å². The molecule has 3 nitrogen and oxygen atoms in total. The number of nitrogens with one attached hydrogen (secondary N) is 1. The minimum absolute atomic E-state index is 0.246. The second kappa shape index (κ2) is 5.10. The molecule has 0 bridgehead atoms. The van der Waals surface area contributed by atoms with Gasteiger partial charge < -0.3 is 10.1 Å². The number of amides is 1. The van der Waals surface area contributed by atoms with E-state index >= 15 is 0 Å². The van der Waals surface area contributed by atoms with E-state index in [1.54, 1.807) is 0 Å². The lowest BCUT2D eigenvalue weighted by Crippen LogP contribution is -2.42. The van der Waals surface area contributed by atoms with Crippen LogP contribution in [0.3, 0.4) is 0 Å². The topological polar surface area (TPSA) is 38.3 Å². The third-order valence-electron chi connectivity index (χ3n) is 2.66. The maximum absolute atomic E-state index is 12.9. The highest BCUT2D eigenvalue weighted by Gasteiger charge is 2.32. The van der Waals surface area contributed by atoms with Gasteiger partial charge in [-0.05, 0) is 18.9 Å². The van der Waals surface area contributed by atoms with Crippen molar-refractivity contribution in [1.29, 1.82) is 0 Å². The molecular weight excluding hydrogens is 185 g/mol. The van der Waals surface area contributed by atoms with Crippen LogP contribution in [0.25, 0.3) is 0 Å². The third-order valence-corrected chi connectivity index (χ3v) is 2.66. The lowest BCUT2D eigenvalue weighted by molar-refractivity contribution is -0.117. The van der Waals surface area contributed by atoms with E-state index in [0.717, 1.165) is 0 Å². The fourth-order valence-corrected chi connectivity index (χ4v) is 1.51. The fourth-order valence-electron chi connectivity index (χ4n) is 1.51. The molecular formula is C10H16FNO2. The molecule has 0 radical (unpaired) electrons. The van der Waals surface area contributed by atoms with Gasteiger partial charge in [0.1, 0.15) is 0 Å². The van der Waals surface area contributed by atoms with Crippen molar-refractivity contribution < 1.29 is 13.9 Å². The Balaban J connectivity index is 2.43. The van der Waals surface area contributed by atoms with Crippen molar-refractivity contribution in [1.82, 2.24) is 5.32 Å². The molecule has 1 heterocycles. The van der Waals surface area contributed by atoms with Gasteiger partial charge in [-0.15, -0.1) is 0 Å². The summed E-state index contributed by atoms with van der Waals surface area (Å²) in [5.41, 5.74) is -0.420. The monoisotopic (exact) mass is 201 g/mol. The maximum Gasteiger partial charge on any atom is 0.243 e. The Kier molecular flexibility index (Phi) is 4.07. The van der Waals surface area contributed by atoms with E-state index in [1.807, 2.05) is 0 Å². The zero-order chi connectivity index (χ0) is 10.4. The Morgan fingerprint density at radius 2 is 2.21 bits per heavy atom. The van der Waals surface area contributed by atoms with Gasteiger partial charge in [0.25, 0.3) is 0 Å². The molecule has 1 aliphatic rings. The van der Waals surface area contributed by atoms with Crippen molar-refractivity contribution in [2.75, 3.05) is 26.4 Å². The van der Waals surface area contributed by atoms with Crippen LogP contribution in [0.15, 0.2) is 12.7 Å². The largest absolute Gasteiger partial charge is 0.381 e. The molecule has 1 N–H and O–H groups in total. The number of hydrogen-bond donors (Lipinski definition) is 1. The van der Waals surface area contributed by atoms with E-state index in [2.05, 4.69) is 11.9 Å². The Bertz CT molecular complexity index is 212. The highest BCUT2D eigenvalue weighted by molar-refractivity contribution is 5.86. The van der Waals surface area contributed by atoms with Crippen molar-refractivity contribution in [3.63, 3.8) is 0 Å². The number of carbonyl (C=O) groups is 1. The predicted octanol–water partition coefficient (Wildman–Crippen LogP) is 1.05. The van der Waals surface area contributed by atoms with Gasteiger partial charge >= 0.3 is 0 Å². The first-order valence-corrected chi connectivity index (χ1v) is 4.76. The Hall–Kier alpha value is -0.900. The van der Waals surface area contributed by atoms with Gasteiger partial charge in [0.2, 0.25) is 5.91 Å². The molecule has 0 saturated carbocycles. The number of carbonyl (C=O) groups excluding carboxylic acids is 1. The molecule has 1 aliphatic heterocycles. The minimum atomic E-state index is -0.420. The van der Waals surface area contributed by atoms with Gasteiger partial charge in [-0.25, -0.2) is 0 Å².